The molecule has 0 spiro atoms. The molecule has 5 heteroatoms. The summed E-state index contributed by atoms with van der Waals surface area (Å²) in [7, 11) is 0. The third kappa shape index (κ3) is 2.64. The van der Waals surface area contributed by atoms with E-state index in [0.717, 1.165) is 28.1 Å². The van der Waals surface area contributed by atoms with Crippen molar-refractivity contribution in [3.8, 4) is 11.4 Å². The van der Waals surface area contributed by atoms with Gasteiger partial charge in [0.1, 0.15) is 12.0 Å². The molecule has 0 unspecified atom stereocenters. The van der Waals surface area contributed by atoms with Crippen LogP contribution in [-0.2, 0) is 0 Å². The molecule has 1 aliphatic carbocycles. The minimum Gasteiger partial charge on any atom is -0.326 e. The highest BCUT2D eigenvalue weighted by Gasteiger charge is 2.23. The molecule has 5 rings (SSSR count). The van der Waals surface area contributed by atoms with E-state index in [1.807, 2.05) is 16.9 Å². The fraction of sp³-hybridized carbons (Fsp3) is 0.435. The van der Waals surface area contributed by atoms with Crippen molar-refractivity contribution < 1.29 is 0 Å². The number of aromatic nitrogens is 5. The molecule has 3 aromatic heterocycles. The summed E-state index contributed by atoms with van der Waals surface area (Å²) in [6.07, 6.45) is 9.67. The van der Waals surface area contributed by atoms with E-state index >= 15 is 0 Å². The smallest absolute Gasteiger partial charge is 0.182 e. The summed E-state index contributed by atoms with van der Waals surface area (Å²) in [5, 5.41) is 5.88. The predicted molar refractivity (Wildman–Crippen MR) is 113 cm³/mol. The SMILES string of the molecule is Cc1ccccc1-c1nc2c3c(C)c(C)n(C4CCCCCC4)c3ncn2n1. The van der Waals surface area contributed by atoms with Gasteiger partial charge < -0.3 is 4.57 Å². The Morgan fingerprint density at radius 3 is 2.43 bits per heavy atom. The highest BCUT2D eigenvalue weighted by molar-refractivity contribution is 5.94. The van der Waals surface area contributed by atoms with Crippen molar-refractivity contribution in [3.05, 3.63) is 47.4 Å². The largest absolute Gasteiger partial charge is 0.326 e. The zero-order valence-corrected chi connectivity index (χ0v) is 16.9. The highest BCUT2D eigenvalue weighted by Crippen LogP contribution is 2.35. The lowest BCUT2D eigenvalue weighted by Crippen LogP contribution is -2.10. The average molecular weight is 374 g/mol. The molecule has 0 saturated heterocycles. The van der Waals surface area contributed by atoms with Gasteiger partial charge in [-0.3, -0.25) is 0 Å². The molecule has 28 heavy (non-hydrogen) atoms. The molecule has 1 fully saturated rings. The summed E-state index contributed by atoms with van der Waals surface area (Å²) in [5.41, 5.74) is 6.85. The first-order valence-corrected chi connectivity index (χ1v) is 10.4. The molecule has 0 radical (unpaired) electrons. The van der Waals surface area contributed by atoms with E-state index in [4.69, 9.17) is 15.1 Å². The lowest BCUT2D eigenvalue weighted by Gasteiger charge is -2.19. The first-order chi connectivity index (χ1) is 13.6. The lowest BCUT2D eigenvalue weighted by atomic mass is 10.1. The number of hydrogen-bond donors (Lipinski definition) is 0. The van der Waals surface area contributed by atoms with E-state index in [1.54, 1.807) is 0 Å². The summed E-state index contributed by atoms with van der Waals surface area (Å²) in [4.78, 5) is 9.80. The Morgan fingerprint density at radius 2 is 1.68 bits per heavy atom. The summed E-state index contributed by atoms with van der Waals surface area (Å²) in [6, 6.07) is 8.83. The van der Waals surface area contributed by atoms with Gasteiger partial charge >= 0.3 is 0 Å². The third-order valence-corrected chi connectivity index (χ3v) is 6.45. The minimum absolute atomic E-state index is 0.549. The van der Waals surface area contributed by atoms with Gasteiger partial charge in [0.15, 0.2) is 11.5 Å². The topological polar surface area (TPSA) is 48.0 Å². The van der Waals surface area contributed by atoms with Crippen LogP contribution in [0.2, 0.25) is 0 Å². The van der Waals surface area contributed by atoms with Crippen LogP contribution in [0, 0.1) is 20.8 Å². The summed E-state index contributed by atoms with van der Waals surface area (Å²) >= 11 is 0. The average Bonchev–Trinajstić information content (AvgIpc) is 3.09. The Hall–Kier alpha value is -2.69. The van der Waals surface area contributed by atoms with Crippen molar-refractivity contribution in [1.82, 2.24) is 24.1 Å². The number of rotatable bonds is 2. The van der Waals surface area contributed by atoms with Crippen LogP contribution in [0.3, 0.4) is 0 Å². The predicted octanol–water partition coefficient (Wildman–Crippen LogP) is 5.57. The summed E-state index contributed by atoms with van der Waals surface area (Å²) < 4.78 is 4.33. The second kappa shape index (κ2) is 6.73. The molecule has 0 amide bonds. The quantitative estimate of drug-likeness (QED) is 0.432. The second-order valence-corrected chi connectivity index (χ2v) is 8.19. The van der Waals surface area contributed by atoms with Gasteiger partial charge in [-0.25, -0.2) is 14.5 Å². The third-order valence-electron chi connectivity index (χ3n) is 6.45. The first-order valence-electron chi connectivity index (χ1n) is 10.4. The minimum atomic E-state index is 0.549. The van der Waals surface area contributed by atoms with Crippen molar-refractivity contribution >= 4 is 16.7 Å². The normalized spacial score (nSPS) is 16.1. The van der Waals surface area contributed by atoms with Gasteiger partial charge in [-0.2, -0.15) is 0 Å². The van der Waals surface area contributed by atoms with Gasteiger partial charge in [-0.15, -0.1) is 5.10 Å². The molecule has 4 aromatic rings. The molecular formula is C23H27N5. The van der Waals surface area contributed by atoms with Gasteiger partial charge in [0.25, 0.3) is 0 Å². The Balaban J connectivity index is 1.72. The van der Waals surface area contributed by atoms with Crippen molar-refractivity contribution in [2.24, 2.45) is 0 Å². The van der Waals surface area contributed by atoms with Gasteiger partial charge in [0.2, 0.25) is 0 Å². The Kier molecular flexibility index (Phi) is 4.18. The maximum atomic E-state index is 4.95. The molecule has 0 bridgehead atoms. The maximum absolute atomic E-state index is 4.95. The number of fused-ring (bicyclic) bond motifs is 3. The monoisotopic (exact) mass is 373 g/mol. The van der Waals surface area contributed by atoms with Crippen molar-refractivity contribution in [1.29, 1.82) is 0 Å². The van der Waals surface area contributed by atoms with Gasteiger partial charge in [0, 0.05) is 17.3 Å². The Morgan fingerprint density at radius 1 is 0.929 bits per heavy atom. The summed E-state index contributed by atoms with van der Waals surface area (Å²) in [6.45, 7) is 6.54. The van der Waals surface area contributed by atoms with Crippen LogP contribution in [0.25, 0.3) is 28.1 Å². The Labute approximate surface area is 165 Å². The Bertz CT molecular complexity index is 1160. The van der Waals surface area contributed by atoms with E-state index in [-0.39, 0.29) is 0 Å². The van der Waals surface area contributed by atoms with E-state index in [2.05, 4.69) is 43.5 Å². The van der Waals surface area contributed by atoms with Crippen molar-refractivity contribution in [2.45, 2.75) is 65.3 Å². The molecule has 1 aromatic carbocycles. The van der Waals surface area contributed by atoms with E-state index < -0.39 is 0 Å². The van der Waals surface area contributed by atoms with Crippen LogP contribution in [-0.4, -0.2) is 24.1 Å². The molecule has 0 N–H and O–H groups in total. The molecule has 0 aliphatic heterocycles. The van der Waals surface area contributed by atoms with E-state index in [9.17, 15) is 0 Å². The molecule has 1 saturated carbocycles. The fourth-order valence-electron chi connectivity index (χ4n) is 4.79. The van der Waals surface area contributed by atoms with Gasteiger partial charge in [-0.1, -0.05) is 49.9 Å². The summed E-state index contributed by atoms with van der Waals surface area (Å²) in [5.74, 6) is 0.770. The number of hydrogen-bond acceptors (Lipinski definition) is 3. The number of benzene rings is 1. The maximum Gasteiger partial charge on any atom is 0.182 e. The van der Waals surface area contributed by atoms with Crippen LogP contribution in [0.1, 0.15) is 61.4 Å². The zero-order valence-electron chi connectivity index (χ0n) is 16.9. The number of nitrogens with zero attached hydrogens (tertiary/aromatic N) is 5. The molecule has 3 heterocycles. The van der Waals surface area contributed by atoms with Crippen molar-refractivity contribution in [2.75, 3.05) is 0 Å². The second-order valence-electron chi connectivity index (χ2n) is 8.19. The fourth-order valence-corrected chi connectivity index (χ4v) is 4.79. The molecule has 5 nitrogen and oxygen atoms in total. The van der Waals surface area contributed by atoms with Crippen LogP contribution in [0.4, 0.5) is 0 Å². The highest BCUT2D eigenvalue weighted by atomic mass is 15.3. The van der Waals surface area contributed by atoms with E-state index in [0.29, 0.717) is 6.04 Å². The molecule has 1 aliphatic rings. The van der Waals surface area contributed by atoms with Gasteiger partial charge in [0.05, 0.1) is 5.39 Å². The number of aryl methyl sites for hydroxylation is 2. The van der Waals surface area contributed by atoms with Crippen LogP contribution in [0.15, 0.2) is 30.6 Å². The lowest BCUT2D eigenvalue weighted by molar-refractivity contribution is 0.446. The van der Waals surface area contributed by atoms with Crippen LogP contribution in [0.5, 0.6) is 0 Å². The zero-order chi connectivity index (χ0) is 19.3. The molecular weight excluding hydrogens is 346 g/mol. The van der Waals surface area contributed by atoms with Crippen LogP contribution >= 0.6 is 0 Å². The van der Waals surface area contributed by atoms with E-state index in [1.165, 1.54) is 55.3 Å². The molecule has 144 valence electrons. The van der Waals surface area contributed by atoms with Crippen LogP contribution < -0.4 is 0 Å². The standard InChI is InChI=1S/C23H27N5/c1-15-10-8-9-13-19(15)21-25-23-20-16(2)17(3)28(18-11-6-4-5-7-12-18)22(20)24-14-27(23)26-21/h8-10,13-14,18H,4-7,11-12H2,1-3H3. The molecule has 0 atom stereocenters. The first kappa shape index (κ1) is 17.4. The van der Waals surface area contributed by atoms with Gasteiger partial charge in [-0.05, 0) is 44.7 Å². The van der Waals surface area contributed by atoms with Crippen molar-refractivity contribution in [3.63, 3.8) is 0 Å².